The fraction of sp³-hybridized carbons (Fsp3) is 0.515. The van der Waals surface area contributed by atoms with Crippen LogP contribution >= 0.6 is 34.8 Å². The molecule has 25 nitrogen and oxygen atoms in total. The lowest BCUT2D eigenvalue weighted by Gasteiger charge is -2.42. The number of carbonyl (C=O) groups is 10. The number of nitrogens with zero attached hydrogens (tertiary/aromatic N) is 2. The van der Waals surface area contributed by atoms with Crippen LogP contribution < -0.4 is 36.3 Å². The first-order chi connectivity index (χ1) is 45.7. The van der Waals surface area contributed by atoms with Crippen molar-refractivity contribution in [3.05, 3.63) is 126 Å². The van der Waals surface area contributed by atoms with Crippen LogP contribution in [0.5, 0.6) is 5.75 Å². The van der Waals surface area contributed by atoms with E-state index in [1.807, 2.05) is 24.3 Å². The molecule has 3 aromatic rings. The van der Waals surface area contributed by atoms with Crippen molar-refractivity contribution < 1.29 is 76.1 Å². The van der Waals surface area contributed by atoms with Gasteiger partial charge in [0.2, 0.25) is 33.3 Å². The van der Waals surface area contributed by atoms with Crippen molar-refractivity contribution in [3.63, 3.8) is 0 Å². The molecule has 0 aromatic heterocycles. The lowest BCUT2D eigenvalue weighted by atomic mass is 9.96. The molecule has 0 spiro atoms. The average molecular weight is 1430 g/mol. The van der Waals surface area contributed by atoms with E-state index in [-0.39, 0.29) is 52.0 Å². The Balaban J connectivity index is 1.72. The van der Waals surface area contributed by atoms with Crippen molar-refractivity contribution in [1.82, 2.24) is 41.7 Å². The van der Waals surface area contributed by atoms with E-state index in [1.54, 1.807) is 95.3 Å². The smallest absolute Gasteiger partial charge is 0.416 e. The molecule has 1 aliphatic heterocycles. The number of guanidine groups is 1. The first kappa shape index (κ1) is 81.2. The summed E-state index contributed by atoms with van der Waals surface area (Å²) < 4.78 is 31.2. The average Bonchev–Trinajstić information content (AvgIpc) is 1.68. The summed E-state index contributed by atoms with van der Waals surface area (Å²) in [5.74, 6) is -6.67. The number of Topliss-reactive ketones (excluding diaryl/α,β-unsaturated/α-hetero) is 1. The number of esters is 1. The number of carbonyl (C=O) groups excluding carboxylic acids is 10. The molecule has 1 saturated heterocycles. The molecule has 8 amide bonds. The second kappa shape index (κ2) is 39.3. The Morgan fingerprint density at radius 2 is 1.33 bits per heavy atom. The molecule has 3 aromatic carbocycles. The van der Waals surface area contributed by atoms with E-state index in [0.29, 0.717) is 39.9 Å². The molecule has 0 radical (unpaired) electrons. The lowest BCUT2D eigenvalue weighted by molar-refractivity contribution is -0.143. The Labute approximate surface area is 584 Å². The number of ether oxygens (including phenoxy) is 5. The van der Waals surface area contributed by atoms with E-state index in [4.69, 9.17) is 68.3 Å². The Kier molecular flexibility index (Phi) is 32.9. The first-order valence-electron chi connectivity index (χ1n) is 32.2. The van der Waals surface area contributed by atoms with Crippen LogP contribution in [-0.2, 0) is 72.1 Å². The molecule has 0 bridgehead atoms. The number of hydrogen-bond acceptors (Lipinski definition) is 17. The molecule has 0 unspecified atom stereocenters. The van der Waals surface area contributed by atoms with Crippen molar-refractivity contribution in [3.8, 4) is 5.75 Å². The highest BCUT2D eigenvalue weighted by atomic mass is 35.6. The highest BCUT2D eigenvalue weighted by molar-refractivity contribution is 6.78. The summed E-state index contributed by atoms with van der Waals surface area (Å²) in [7, 11) is -2.33. The van der Waals surface area contributed by atoms with Crippen LogP contribution in [-0.4, -0.2) is 156 Å². The van der Waals surface area contributed by atoms with Gasteiger partial charge in [0.25, 0.3) is 14.2 Å². The maximum absolute atomic E-state index is 14.9. The standard InChI is InChI=1S/C68H94Cl3N9O16Si/c1-13-37-91-55(81)34-31-50(38-47-29-32-51(33-30-47)96-97(43(3)4,44(5)6)45(7)8)74-59(84)56(46(9)14-2)77-60(85)57(82)52(27-21-36-80(66(90)93-41-49-25-19-16-20-26-49)62(72)78-65(89)92-40-48-23-17-15-18-24-48)75-58(83)54-28-22-35-79(54)61(86)53(39-73-63(87)95-67(10,11)12)76-64(88)94-42-68(69,70)71/h13,15-20,23-26,29-34,43-46,50,52-54,56H,1,14,21-22,27-28,35-42H2,2-12H3,(H,73,87)(H,74,84)(H,75,83)(H,76,88)(H,77,85)(H2,72,78,89)/b34-31+/t46-,50+,52-,53-,54-,56-/m0/s1. The monoisotopic (exact) mass is 1430 g/mol. The fourth-order valence-corrected chi connectivity index (χ4v) is 16.4. The molecular formula is C68H94Cl3N9O16Si. The molecule has 0 aliphatic carbocycles. The number of alkyl carbamates (subject to hydrolysis) is 3. The predicted octanol–water partition coefficient (Wildman–Crippen LogP) is 10.4. The Morgan fingerprint density at radius 1 is 0.732 bits per heavy atom. The van der Waals surface area contributed by atoms with Crippen LogP contribution in [0.2, 0.25) is 16.6 Å². The summed E-state index contributed by atoms with van der Waals surface area (Å²) >= 11 is 17.4. The van der Waals surface area contributed by atoms with Crippen LogP contribution in [0.3, 0.4) is 0 Å². The summed E-state index contributed by atoms with van der Waals surface area (Å²) in [6, 6.07) is 17.6. The van der Waals surface area contributed by atoms with Crippen LogP contribution in [0.4, 0.5) is 19.2 Å². The summed E-state index contributed by atoms with van der Waals surface area (Å²) in [4.78, 5) is 141. The van der Waals surface area contributed by atoms with Gasteiger partial charge in [0, 0.05) is 19.2 Å². The minimum Gasteiger partial charge on any atom is -0.543 e. The zero-order chi connectivity index (χ0) is 72.2. The van der Waals surface area contributed by atoms with Crippen molar-refractivity contribution in [2.75, 3.05) is 32.8 Å². The number of rotatable bonds is 33. The molecule has 6 atom stereocenters. The van der Waals surface area contributed by atoms with Gasteiger partial charge in [-0.2, -0.15) is 0 Å². The molecule has 1 fully saturated rings. The number of halogens is 3. The van der Waals surface area contributed by atoms with Gasteiger partial charge in [-0.1, -0.05) is 188 Å². The highest BCUT2D eigenvalue weighted by Gasteiger charge is 2.47. The fourth-order valence-electron chi connectivity index (χ4n) is 10.9. The molecule has 1 aliphatic rings. The summed E-state index contributed by atoms with van der Waals surface area (Å²) in [6.45, 7) is 22.5. The summed E-state index contributed by atoms with van der Waals surface area (Å²) in [5.41, 5.74) is 1.90. The number of hydrogen-bond donors (Lipinski definition) is 7. The Morgan fingerprint density at radius 3 is 1.89 bits per heavy atom. The Hall–Kier alpha value is -8.20. The van der Waals surface area contributed by atoms with Gasteiger partial charge in [0.15, 0.2) is 0 Å². The third-order valence-corrected chi connectivity index (χ3v) is 22.1. The number of benzene rings is 3. The molecule has 532 valence electrons. The van der Waals surface area contributed by atoms with Crippen molar-refractivity contribution >= 4 is 109 Å². The van der Waals surface area contributed by atoms with Gasteiger partial charge >= 0.3 is 30.3 Å². The Bertz CT molecular complexity index is 3170. The molecule has 0 saturated carbocycles. The number of alkyl halides is 3. The van der Waals surface area contributed by atoms with Crippen molar-refractivity contribution in [2.45, 2.75) is 184 Å². The maximum atomic E-state index is 14.9. The van der Waals surface area contributed by atoms with E-state index in [2.05, 4.69) is 80.0 Å². The number of amides is 8. The van der Waals surface area contributed by atoms with Gasteiger partial charge in [-0.25, -0.2) is 28.9 Å². The third-order valence-electron chi connectivity index (χ3n) is 15.8. The van der Waals surface area contributed by atoms with Gasteiger partial charge in [0.05, 0.1) is 18.6 Å². The van der Waals surface area contributed by atoms with Gasteiger partial charge in [0.1, 0.15) is 55.9 Å². The predicted molar refractivity (Wildman–Crippen MR) is 370 cm³/mol. The zero-order valence-electron chi connectivity index (χ0n) is 57.0. The van der Waals surface area contributed by atoms with E-state index in [0.717, 1.165) is 21.4 Å². The van der Waals surface area contributed by atoms with E-state index < -0.39 is 146 Å². The molecule has 97 heavy (non-hydrogen) atoms. The van der Waals surface area contributed by atoms with Crippen molar-refractivity contribution in [2.24, 2.45) is 5.92 Å². The van der Waals surface area contributed by atoms with Gasteiger partial charge in [-0.15, -0.1) is 0 Å². The molecule has 4 rings (SSSR count). The van der Waals surface area contributed by atoms with Gasteiger partial charge < -0.3 is 59.6 Å². The van der Waals surface area contributed by atoms with Crippen LogP contribution in [0.15, 0.2) is 110 Å². The number of ketones is 1. The quantitative estimate of drug-likeness (QED) is 0.00343. The minimum absolute atomic E-state index is 0.00866. The topological polar surface area (TPSA) is 329 Å². The molecule has 1 heterocycles. The van der Waals surface area contributed by atoms with E-state index in [1.165, 1.54) is 12.2 Å². The largest absolute Gasteiger partial charge is 0.543 e. The SMILES string of the molecule is C=CCOC(=O)/C=C/[C@H](Cc1ccc(O[Si](C(C)C)(C(C)C)C(C)C)cc1)NC(=O)[C@@H](NC(=O)C(=O)[C@H](CCCN(C(=N)NC(=O)OCc1ccccc1)C(=O)OCc1ccccc1)NC(=O)[C@@H]1CCCN1C(=O)[C@H](CNC(=O)OC(C)(C)C)NC(=O)OCC(Cl)(Cl)Cl)[C@@H](C)CC. The van der Waals surface area contributed by atoms with Crippen molar-refractivity contribution in [1.29, 1.82) is 5.41 Å². The zero-order valence-corrected chi connectivity index (χ0v) is 60.2. The van der Waals surface area contributed by atoms with Gasteiger partial charge in [-0.05, 0) is 104 Å². The molecule has 29 heteroatoms. The summed E-state index contributed by atoms with van der Waals surface area (Å²) in [5, 5.41) is 24.0. The number of likely N-dealkylation sites (tertiary alicyclic amines) is 1. The van der Waals surface area contributed by atoms with Crippen LogP contribution in [0, 0.1) is 11.3 Å². The highest BCUT2D eigenvalue weighted by Crippen LogP contribution is 2.43. The normalized spacial score (nSPS) is 14.8. The van der Waals surface area contributed by atoms with Crippen LogP contribution in [0.1, 0.15) is 125 Å². The second-order valence-electron chi connectivity index (χ2n) is 25.3. The van der Waals surface area contributed by atoms with E-state index >= 15 is 0 Å². The summed E-state index contributed by atoms with van der Waals surface area (Å²) in [6.07, 6.45) is -0.516. The second-order valence-corrected chi connectivity index (χ2v) is 33.1. The van der Waals surface area contributed by atoms with Gasteiger partial charge in [-0.3, -0.25) is 34.7 Å². The molecule has 7 N–H and O–H groups in total. The maximum Gasteiger partial charge on any atom is 0.416 e. The minimum atomic E-state index is -2.33. The van der Waals surface area contributed by atoms with E-state index in [9.17, 15) is 47.9 Å². The molecular weight excluding hydrogens is 1330 g/mol. The van der Waals surface area contributed by atoms with Crippen LogP contribution in [0.25, 0.3) is 0 Å². The first-order valence-corrected chi connectivity index (χ1v) is 35.5. The third kappa shape index (κ3) is 27.3. The lowest BCUT2D eigenvalue weighted by Crippen LogP contribution is -2.59. The number of nitrogens with one attached hydrogen (secondary N) is 7.